The lowest BCUT2D eigenvalue weighted by Gasteiger charge is -2.47. The predicted octanol–water partition coefficient (Wildman–Crippen LogP) is 2.89. The Balaban J connectivity index is 1.70. The molecule has 0 spiro atoms. The number of para-hydroxylation sites is 1. The Bertz CT molecular complexity index is 800. The number of benzene rings is 1. The molecule has 140 valence electrons. The molecule has 1 aromatic heterocycles. The molecule has 2 aromatic rings. The second-order valence-corrected chi connectivity index (χ2v) is 7.70. The third kappa shape index (κ3) is 2.74. The van der Waals surface area contributed by atoms with Gasteiger partial charge in [0.1, 0.15) is 0 Å². The van der Waals surface area contributed by atoms with Crippen molar-refractivity contribution in [3.8, 4) is 0 Å². The molecule has 5 nitrogen and oxygen atoms in total. The molecule has 2 aliphatic rings. The van der Waals surface area contributed by atoms with Gasteiger partial charge in [-0.3, -0.25) is 9.69 Å². The Morgan fingerprint density at radius 3 is 2.96 bits per heavy atom. The van der Waals surface area contributed by atoms with Crippen molar-refractivity contribution >= 4 is 16.9 Å². The monoisotopic (exact) mass is 356 g/mol. The van der Waals surface area contributed by atoms with E-state index in [1.54, 1.807) is 0 Å². The van der Waals surface area contributed by atoms with Gasteiger partial charge in [0, 0.05) is 29.7 Å². The largest absolute Gasteiger partial charge is 0.469 e. The Morgan fingerprint density at radius 1 is 1.42 bits per heavy atom. The Labute approximate surface area is 154 Å². The van der Waals surface area contributed by atoms with Crippen LogP contribution in [0.3, 0.4) is 0 Å². The molecule has 3 heterocycles. The fraction of sp³-hybridized carbons (Fsp3) is 0.571. The maximum absolute atomic E-state index is 12.2. The lowest BCUT2D eigenvalue weighted by molar-refractivity contribution is -0.152. The number of nitrogens with zero attached hydrogens (tertiary/aromatic N) is 1. The minimum atomic E-state index is -0.429. The number of ether oxygens (including phenoxy) is 1. The minimum absolute atomic E-state index is 0.139. The number of piperidine rings is 1. The van der Waals surface area contributed by atoms with Crippen LogP contribution in [0.15, 0.2) is 24.3 Å². The van der Waals surface area contributed by atoms with Gasteiger partial charge in [-0.2, -0.15) is 0 Å². The summed E-state index contributed by atoms with van der Waals surface area (Å²) in [7, 11) is 1.41. The third-order valence-electron chi connectivity index (χ3n) is 6.58. The molecule has 26 heavy (non-hydrogen) atoms. The van der Waals surface area contributed by atoms with E-state index in [9.17, 15) is 9.90 Å². The average molecular weight is 356 g/mol. The van der Waals surface area contributed by atoms with E-state index in [1.165, 1.54) is 29.3 Å². The molecule has 0 bridgehead atoms. The quantitative estimate of drug-likeness (QED) is 0.827. The van der Waals surface area contributed by atoms with Gasteiger partial charge in [0.05, 0.1) is 25.7 Å². The standard InChI is InChI=1S/C21H28N2O3/c1-3-13-11-23-9-8-15-14-6-4-5-7-18(14)22-20(15)19(23)10-16(13)17(12-24)21(25)26-2/h4-7,13,16-17,19,22,24H,3,8-12H2,1-2H3/t13-,16-,17?,19-/m0/s1. The van der Waals surface area contributed by atoms with Crippen molar-refractivity contribution in [2.24, 2.45) is 17.8 Å². The van der Waals surface area contributed by atoms with E-state index in [4.69, 9.17) is 4.74 Å². The van der Waals surface area contributed by atoms with E-state index < -0.39 is 5.92 Å². The molecular weight excluding hydrogens is 328 g/mol. The van der Waals surface area contributed by atoms with Gasteiger partial charge in [-0.25, -0.2) is 0 Å². The molecule has 4 atom stereocenters. The van der Waals surface area contributed by atoms with Gasteiger partial charge in [0.2, 0.25) is 0 Å². The van der Waals surface area contributed by atoms with E-state index in [0.717, 1.165) is 32.4 Å². The van der Waals surface area contributed by atoms with Crippen molar-refractivity contribution in [3.63, 3.8) is 0 Å². The first-order valence-corrected chi connectivity index (χ1v) is 9.70. The fourth-order valence-corrected chi connectivity index (χ4v) is 5.20. The highest BCUT2D eigenvalue weighted by Crippen LogP contribution is 2.45. The van der Waals surface area contributed by atoms with Crippen LogP contribution in [0.2, 0.25) is 0 Å². The molecule has 0 radical (unpaired) electrons. The SMILES string of the molecule is CC[C@H]1CN2CCc3c([nH]c4ccccc34)[C@@H]2C[C@@H]1C(CO)C(=O)OC. The van der Waals surface area contributed by atoms with Gasteiger partial charge in [0.25, 0.3) is 0 Å². The van der Waals surface area contributed by atoms with E-state index in [1.807, 2.05) is 0 Å². The van der Waals surface area contributed by atoms with Crippen molar-refractivity contribution in [1.29, 1.82) is 0 Å². The summed E-state index contributed by atoms with van der Waals surface area (Å²) in [4.78, 5) is 18.5. The van der Waals surface area contributed by atoms with Crippen LogP contribution in [-0.2, 0) is 16.0 Å². The summed E-state index contributed by atoms with van der Waals surface area (Å²) in [6.45, 7) is 4.08. The van der Waals surface area contributed by atoms with Crippen molar-refractivity contribution in [2.75, 3.05) is 26.8 Å². The minimum Gasteiger partial charge on any atom is -0.469 e. The summed E-state index contributed by atoms with van der Waals surface area (Å²) in [5.74, 6) is -0.150. The zero-order valence-corrected chi connectivity index (χ0v) is 15.6. The number of rotatable bonds is 4. The van der Waals surface area contributed by atoms with E-state index in [2.05, 4.69) is 41.1 Å². The molecule has 2 N–H and O–H groups in total. The van der Waals surface area contributed by atoms with Gasteiger partial charge in [-0.1, -0.05) is 31.5 Å². The van der Waals surface area contributed by atoms with Gasteiger partial charge >= 0.3 is 5.97 Å². The Hall–Kier alpha value is -1.85. The van der Waals surface area contributed by atoms with Crippen LogP contribution in [0.25, 0.3) is 10.9 Å². The zero-order valence-electron chi connectivity index (χ0n) is 15.6. The number of hydrogen-bond acceptors (Lipinski definition) is 4. The summed E-state index contributed by atoms with van der Waals surface area (Å²) in [6, 6.07) is 8.78. The number of aromatic amines is 1. The summed E-state index contributed by atoms with van der Waals surface area (Å²) in [6.07, 6.45) is 2.97. The number of fused-ring (bicyclic) bond motifs is 5. The normalized spacial score (nSPS) is 27.0. The Kier molecular flexibility index (Phi) is 4.76. The first-order valence-electron chi connectivity index (χ1n) is 9.70. The number of esters is 1. The number of carbonyl (C=O) groups is 1. The number of methoxy groups -OCH3 is 1. The number of nitrogens with one attached hydrogen (secondary N) is 1. The second-order valence-electron chi connectivity index (χ2n) is 7.70. The van der Waals surface area contributed by atoms with Crippen LogP contribution in [0.1, 0.15) is 37.1 Å². The first-order chi connectivity index (χ1) is 12.7. The number of aromatic nitrogens is 1. The van der Waals surface area contributed by atoms with E-state index >= 15 is 0 Å². The number of aliphatic hydroxyl groups is 1. The molecule has 0 saturated carbocycles. The van der Waals surface area contributed by atoms with Crippen molar-refractivity contribution in [3.05, 3.63) is 35.5 Å². The summed E-state index contributed by atoms with van der Waals surface area (Å²) >= 11 is 0. The van der Waals surface area contributed by atoms with Gasteiger partial charge in [-0.15, -0.1) is 0 Å². The molecule has 4 rings (SSSR count). The maximum atomic E-state index is 12.2. The topological polar surface area (TPSA) is 65.6 Å². The number of hydrogen-bond donors (Lipinski definition) is 2. The first kappa shape index (κ1) is 17.6. The van der Waals surface area contributed by atoms with Crippen molar-refractivity contribution < 1.29 is 14.6 Å². The maximum Gasteiger partial charge on any atom is 0.311 e. The van der Waals surface area contributed by atoms with Gasteiger partial charge in [0.15, 0.2) is 0 Å². The third-order valence-corrected chi connectivity index (χ3v) is 6.58. The molecular formula is C21H28N2O3. The predicted molar refractivity (Wildman–Crippen MR) is 101 cm³/mol. The summed E-state index contributed by atoms with van der Waals surface area (Å²) in [5, 5.41) is 11.2. The van der Waals surface area contributed by atoms with Crippen LogP contribution in [0, 0.1) is 17.8 Å². The highest BCUT2D eigenvalue weighted by Gasteiger charge is 2.44. The molecule has 2 aliphatic heterocycles. The summed E-state index contributed by atoms with van der Waals surface area (Å²) in [5.41, 5.74) is 3.92. The lowest BCUT2D eigenvalue weighted by atomic mass is 9.71. The fourth-order valence-electron chi connectivity index (χ4n) is 5.20. The molecule has 1 saturated heterocycles. The van der Waals surface area contributed by atoms with Crippen LogP contribution in [0.5, 0.6) is 0 Å². The second kappa shape index (κ2) is 7.05. The molecule has 1 unspecified atom stereocenters. The molecule has 1 aromatic carbocycles. The smallest absolute Gasteiger partial charge is 0.311 e. The van der Waals surface area contributed by atoms with Crippen molar-refractivity contribution in [1.82, 2.24) is 9.88 Å². The van der Waals surface area contributed by atoms with E-state index in [-0.39, 0.29) is 24.5 Å². The lowest BCUT2D eigenvalue weighted by Crippen LogP contribution is -2.49. The zero-order chi connectivity index (χ0) is 18.3. The highest BCUT2D eigenvalue weighted by atomic mass is 16.5. The molecule has 1 fully saturated rings. The van der Waals surface area contributed by atoms with Crippen molar-refractivity contribution in [2.45, 2.75) is 32.2 Å². The molecule has 5 heteroatoms. The Morgan fingerprint density at radius 2 is 2.23 bits per heavy atom. The van der Waals surface area contributed by atoms with E-state index in [0.29, 0.717) is 5.92 Å². The van der Waals surface area contributed by atoms with Crippen LogP contribution >= 0.6 is 0 Å². The highest BCUT2D eigenvalue weighted by molar-refractivity contribution is 5.85. The van der Waals surface area contributed by atoms with Crippen LogP contribution in [-0.4, -0.2) is 47.8 Å². The number of aliphatic hydroxyl groups excluding tert-OH is 1. The molecule has 0 amide bonds. The van der Waals surface area contributed by atoms with Crippen LogP contribution < -0.4 is 0 Å². The number of H-pyrrole nitrogens is 1. The molecule has 0 aliphatic carbocycles. The van der Waals surface area contributed by atoms with Crippen LogP contribution in [0.4, 0.5) is 0 Å². The number of carbonyl (C=O) groups excluding carboxylic acids is 1. The summed E-state index contributed by atoms with van der Waals surface area (Å²) < 4.78 is 4.98. The van der Waals surface area contributed by atoms with Gasteiger partial charge in [-0.05, 0) is 36.3 Å². The average Bonchev–Trinajstić information content (AvgIpc) is 3.07. The van der Waals surface area contributed by atoms with Gasteiger partial charge < -0.3 is 14.8 Å².